The highest BCUT2D eigenvalue weighted by molar-refractivity contribution is 8.05. The van der Waals surface area contributed by atoms with Gasteiger partial charge in [-0.05, 0) is 0 Å². The van der Waals surface area contributed by atoms with Gasteiger partial charge in [0.1, 0.15) is 0 Å². The Kier molecular flexibility index (Phi) is 1.74. The molecule has 8 heteroatoms. The number of nitrogens with zero attached hydrogens (tertiary/aromatic N) is 3. The maximum atomic E-state index is 11.1. The maximum absolute atomic E-state index is 11.1. The highest BCUT2D eigenvalue weighted by atomic mass is 32.2. The lowest BCUT2D eigenvalue weighted by Gasteiger charge is -2.12. The van der Waals surface area contributed by atoms with Gasteiger partial charge in [-0.1, -0.05) is 0 Å². The number of rotatable bonds is 0. The number of amidine groups is 1. The Labute approximate surface area is 79.5 Å². The van der Waals surface area contributed by atoms with E-state index in [1.54, 1.807) is 0 Å². The zero-order chi connectivity index (χ0) is 10.3. The highest BCUT2D eigenvalue weighted by Gasteiger charge is 2.31. The average Bonchev–Trinajstić information content (AvgIpc) is 2.46. The molecule has 2 aliphatic rings. The SMILES string of the molecule is CS(=O)(=O)C1=NC2N=NC(=O)C2=CN1. The number of hydrogen-bond acceptors (Lipinski definition) is 6. The molecule has 1 amide bonds. The van der Waals surface area contributed by atoms with Gasteiger partial charge in [0.25, 0.3) is 5.91 Å². The minimum Gasteiger partial charge on any atom is -0.337 e. The number of fused-ring (bicyclic) bond motifs is 1. The molecule has 0 saturated carbocycles. The summed E-state index contributed by atoms with van der Waals surface area (Å²) in [5.74, 6) is -0.487. The third-order valence-corrected chi connectivity index (χ3v) is 2.65. The summed E-state index contributed by atoms with van der Waals surface area (Å²) in [5, 5.41) is 9.02. The van der Waals surface area contributed by atoms with E-state index in [0.29, 0.717) is 0 Å². The van der Waals surface area contributed by atoms with Crippen LogP contribution in [0.3, 0.4) is 0 Å². The fraction of sp³-hybridized carbons (Fsp3) is 0.333. The van der Waals surface area contributed by atoms with Gasteiger partial charge in [-0.2, -0.15) is 5.11 Å². The number of sulfone groups is 1. The van der Waals surface area contributed by atoms with E-state index in [1.807, 2.05) is 0 Å². The fourth-order valence-electron chi connectivity index (χ4n) is 1.06. The van der Waals surface area contributed by atoms with Gasteiger partial charge in [0.2, 0.25) is 15.0 Å². The van der Waals surface area contributed by atoms with E-state index in [0.717, 1.165) is 6.26 Å². The number of carbonyl (C=O) groups is 1. The number of carbonyl (C=O) groups excluding carboxylic acids is 1. The lowest BCUT2D eigenvalue weighted by Crippen LogP contribution is -2.33. The Bertz CT molecular complexity index is 487. The largest absolute Gasteiger partial charge is 0.337 e. The van der Waals surface area contributed by atoms with Crippen molar-refractivity contribution in [2.45, 2.75) is 6.17 Å². The third-order valence-electron chi connectivity index (χ3n) is 1.72. The monoisotopic (exact) mass is 214 g/mol. The zero-order valence-corrected chi connectivity index (χ0v) is 7.95. The molecule has 14 heavy (non-hydrogen) atoms. The Morgan fingerprint density at radius 3 is 2.86 bits per heavy atom. The van der Waals surface area contributed by atoms with Gasteiger partial charge >= 0.3 is 0 Å². The summed E-state index contributed by atoms with van der Waals surface area (Å²) in [5.41, 5.74) is 0.261. The van der Waals surface area contributed by atoms with E-state index in [-0.39, 0.29) is 10.7 Å². The highest BCUT2D eigenvalue weighted by Crippen LogP contribution is 2.20. The van der Waals surface area contributed by atoms with E-state index in [4.69, 9.17) is 0 Å². The molecule has 2 aliphatic heterocycles. The lowest BCUT2D eigenvalue weighted by molar-refractivity contribution is -0.114. The first-order chi connectivity index (χ1) is 6.48. The van der Waals surface area contributed by atoms with E-state index in [1.165, 1.54) is 6.20 Å². The molecule has 1 atom stereocenters. The molecule has 74 valence electrons. The molecule has 0 fully saturated rings. The minimum absolute atomic E-state index is 0.195. The summed E-state index contributed by atoms with van der Waals surface area (Å²) in [6.07, 6.45) is 1.50. The second kappa shape index (κ2) is 2.71. The van der Waals surface area contributed by atoms with Crippen LogP contribution in [0.4, 0.5) is 0 Å². The molecule has 0 aromatic heterocycles. The lowest BCUT2D eigenvalue weighted by atomic mass is 10.2. The Hall–Kier alpha value is -1.57. The van der Waals surface area contributed by atoms with Crippen LogP contribution in [0.15, 0.2) is 27.0 Å². The smallest absolute Gasteiger partial charge is 0.296 e. The first kappa shape index (κ1) is 9.00. The van der Waals surface area contributed by atoms with Crippen molar-refractivity contribution in [1.29, 1.82) is 0 Å². The van der Waals surface area contributed by atoms with Crippen molar-refractivity contribution >= 4 is 20.9 Å². The summed E-state index contributed by atoms with van der Waals surface area (Å²) in [6, 6.07) is 0. The van der Waals surface area contributed by atoms with Crippen molar-refractivity contribution in [2.75, 3.05) is 6.26 Å². The molecule has 0 aromatic carbocycles. The molecule has 0 saturated heterocycles. The number of hydrogen-bond donors (Lipinski definition) is 1. The van der Waals surface area contributed by atoms with Crippen molar-refractivity contribution < 1.29 is 13.2 Å². The van der Waals surface area contributed by atoms with Crippen LogP contribution in [0.5, 0.6) is 0 Å². The van der Waals surface area contributed by atoms with E-state index in [9.17, 15) is 13.2 Å². The third kappa shape index (κ3) is 1.33. The van der Waals surface area contributed by atoms with Gasteiger partial charge < -0.3 is 5.32 Å². The number of azo groups is 1. The second-order valence-electron chi connectivity index (χ2n) is 2.84. The first-order valence-corrected chi connectivity index (χ1v) is 5.57. The zero-order valence-electron chi connectivity index (χ0n) is 7.13. The molecule has 1 unspecified atom stereocenters. The van der Waals surface area contributed by atoms with Crippen LogP contribution >= 0.6 is 0 Å². The predicted molar refractivity (Wildman–Crippen MR) is 47.1 cm³/mol. The van der Waals surface area contributed by atoms with Crippen LogP contribution in [-0.4, -0.2) is 31.9 Å². The summed E-state index contributed by atoms with van der Waals surface area (Å²) in [7, 11) is -3.40. The van der Waals surface area contributed by atoms with E-state index in [2.05, 4.69) is 20.5 Å². The molecule has 0 bridgehead atoms. The van der Waals surface area contributed by atoms with Gasteiger partial charge in [0, 0.05) is 12.5 Å². The summed E-state index contributed by atoms with van der Waals surface area (Å²) in [4.78, 5) is 14.7. The molecular weight excluding hydrogens is 208 g/mol. The standard InChI is InChI=1S/C6H6N4O3S/c1-14(12,13)6-7-2-3-4(8-6)9-10-5(3)11/h2,4H,1H3,(H,7,8). The average molecular weight is 214 g/mol. The normalized spacial score (nSPS) is 25.2. The topological polar surface area (TPSA) is 100 Å². The number of amides is 1. The maximum Gasteiger partial charge on any atom is 0.296 e. The minimum atomic E-state index is -3.40. The van der Waals surface area contributed by atoms with Crippen LogP contribution in [0.1, 0.15) is 0 Å². The molecule has 0 spiro atoms. The second-order valence-corrected chi connectivity index (χ2v) is 4.78. The van der Waals surface area contributed by atoms with Gasteiger partial charge in [-0.25, -0.2) is 13.4 Å². The molecule has 0 aliphatic carbocycles. The number of nitrogens with one attached hydrogen (secondary N) is 1. The Balaban J connectivity index is 2.38. The predicted octanol–water partition coefficient (Wildman–Crippen LogP) is -0.807. The molecular formula is C6H6N4O3S. The molecule has 0 aromatic rings. The van der Waals surface area contributed by atoms with Crippen LogP contribution in [0.25, 0.3) is 0 Å². The summed E-state index contributed by atoms with van der Waals surface area (Å²) in [6.45, 7) is 0. The van der Waals surface area contributed by atoms with Gasteiger partial charge in [0.15, 0.2) is 6.17 Å². The van der Waals surface area contributed by atoms with Crippen LogP contribution < -0.4 is 5.32 Å². The molecule has 0 radical (unpaired) electrons. The first-order valence-electron chi connectivity index (χ1n) is 3.68. The fourth-order valence-corrected chi connectivity index (χ4v) is 1.62. The molecule has 1 N–H and O–H groups in total. The van der Waals surface area contributed by atoms with Crippen molar-refractivity contribution in [3.05, 3.63) is 11.8 Å². The molecule has 2 heterocycles. The number of aliphatic imine (C=N–C) groups is 1. The Morgan fingerprint density at radius 1 is 1.50 bits per heavy atom. The quantitative estimate of drug-likeness (QED) is 0.570. The van der Waals surface area contributed by atoms with E-state index >= 15 is 0 Å². The summed E-state index contributed by atoms with van der Waals surface area (Å²) >= 11 is 0. The molecule has 2 rings (SSSR count). The van der Waals surface area contributed by atoms with E-state index < -0.39 is 21.9 Å². The van der Waals surface area contributed by atoms with Crippen molar-refractivity contribution in [3.63, 3.8) is 0 Å². The van der Waals surface area contributed by atoms with Gasteiger partial charge in [-0.3, -0.25) is 4.79 Å². The van der Waals surface area contributed by atoms with Gasteiger partial charge in [-0.15, -0.1) is 5.11 Å². The van der Waals surface area contributed by atoms with Gasteiger partial charge in [0.05, 0.1) is 5.57 Å². The molecule has 7 nitrogen and oxygen atoms in total. The summed E-state index contributed by atoms with van der Waals surface area (Å²) < 4.78 is 22.2. The van der Waals surface area contributed by atoms with Crippen molar-refractivity contribution in [1.82, 2.24) is 5.32 Å². The van der Waals surface area contributed by atoms with Crippen LogP contribution in [-0.2, 0) is 14.6 Å². The van der Waals surface area contributed by atoms with Crippen molar-refractivity contribution in [2.24, 2.45) is 15.2 Å². The van der Waals surface area contributed by atoms with Crippen molar-refractivity contribution in [3.8, 4) is 0 Å². The van der Waals surface area contributed by atoms with Crippen LogP contribution in [0.2, 0.25) is 0 Å². The van der Waals surface area contributed by atoms with Crippen LogP contribution in [0, 0.1) is 0 Å². The Morgan fingerprint density at radius 2 is 2.21 bits per heavy atom.